The molecule has 0 amide bonds. The molecule has 0 atom stereocenters. The van der Waals surface area contributed by atoms with Crippen LogP contribution in [-0.4, -0.2) is 26.0 Å². The zero-order valence-corrected chi connectivity index (χ0v) is 11.4. The molecule has 2 heterocycles. The summed E-state index contributed by atoms with van der Waals surface area (Å²) >= 11 is 0. The molecule has 0 radical (unpaired) electrons. The van der Waals surface area contributed by atoms with Crippen LogP contribution in [0.3, 0.4) is 0 Å². The second-order valence-electron chi connectivity index (χ2n) is 4.66. The zero-order valence-electron chi connectivity index (χ0n) is 11.4. The van der Waals surface area contributed by atoms with Crippen molar-refractivity contribution in [3.05, 3.63) is 47.8 Å². The second-order valence-corrected chi connectivity index (χ2v) is 4.66. The largest absolute Gasteiger partial charge is 0.476 e. The number of nitrogens with one attached hydrogen (secondary N) is 1. The van der Waals surface area contributed by atoms with E-state index in [9.17, 15) is 9.90 Å². The summed E-state index contributed by atoms with van der Waals surface area (Å²) in [6.45, 7) is 4.34. The molecule has 0 fully saturated rings. The molecule has 0 bridgehead atoms. The summed E-state index contributed by atoms with van der Waals surface area (Å²) in [5, 5.41) is 12.3. The molecule has 0 saturated carbocycles. The van der Waals surface area contributed by atoms with Crippen molar-refractivity contribution in [2.24, 2.45) is 0 Å². The summed E-state index contributed by atoms with van der Waals surface area (Å²) in [5.41, 5.74) is 1.42. The van der Waals surface area contributed by atoms with Gasteiger partial charge in [0.25, 0.3) is 0 Å². The van der Waals surface area contributed by atoms with Crippen molar-refractivity contribution in [2.45, 2.75) is 26.3 Å². The first-order chi connectivity index (χ1) is 9.58. The number of hydrogen-bond donors (Lipinski definition) is 2. The molecule has 6 heteroatoms. The summed E-state index contributed by atoms with van der Waals surface area (Å²) in [6.07, 6.45) is 4.90. The van der Waals surface area contributed by atoms with E-state index in [-0.39, 0.29) is 11.6 Å². The van der Waals surface area contributed by atoms with Gasteiger partial charge in [-0.05, 0) is 17.7 Å². The number of carboxylic acids is 1. The molecule has 2 N–H and O–H groups in total. The van der Waals surface area contributed by atoms with Crippen LogP contribution >= 0.6 is 0 Å². The lowest BCUT2D eigenvalue weighted by atomic mass is 10.2. The van der Waals surface area contributed by atoms with Crippen molar-refractivity contribution >= 4 is 11.7 Å². The topological polar surface area (TPSA) is 88.0 Å². The lowest BCUT2D eigenvalue weighted by Gasteiger charge is -2.11. The molecule has 0 aliphatic heterocycles. The molecule has 2 rings (SSSR count). The van der Waals surface area contributed by atoms with Crippen molar-refractivity contribution < 1.29 is 9.90 Å². The van der Waals surface area contributed by atoms with Gasteiger partial charge in [0, 0.05) is 24.9 Å². The van der Waals surface area contributed by atoms with Crippen molar-refractivity contribution in [1.82, 2.24) is 15.0 Å². The Morgan fingerprint density at radius 1 is 1.35 bits per heavy atom. The van der Waals surface area contributed by atoms with Crippen molar-refractivity contribution in [2.75, 3.05) is 5.32 Å². The molecular weight excluding hydrogens is 256 g/mol. The monoisotopic (exact) mass is 272 g/mol. The van der Waals surface area contributed by atoms with Crippen molar-refractivity contribution in [1.29, 1.82) is 0 Å². The molecule has 2 aromatic heterocycles. The van der Waals surface area contributed by atoms with Gasteiger partial charge < -0.3 is 10.4 Å². The first-order valence-corrected chi connectivity index (χ1v) is 6.31. The number of hydrogen-bond acceptors (Lipinski definition) is 5. The fraction of sp³-hybridized carbons (Fsp3) is 0.286. The SMILES string of the molecule is CC(C)c1ncc(NCc2ccncc2)c(C(=O)O)n1. The predicted molar refractivity (Wildman–Crippen MR) is 74.6 cm³/mol. The van der Waals surface area contributed by atoms with E-state index in [1.54, 1.807) is 12.4 Å². The van der Waals surface area contributed by atoms with Crippen LogP contribution in [0.1, 0.15) is 41.6 Å². The van der Waals surface area contributed by atoms with Crippen LogP contribution in [0.4, 0.5) is 5.69 Å². The standard InChI is InChI=1S/C14H16N4O2/c1-9(2)13-17-8-11(12(18-13)14(19)20)16-7-10-3-5-15-6-4-10/h3-6,8-9,16H,7H2,1-2H3,(H,19,20). The Kier molecular flexibility index (Phi) is 4.24. The lowest BCUT2D eigenvalue weighted by Crippen LogP contribution is -2.12. The molecule has 2 aromatic rings. The molecule has 104 valence electrons. The molecule has 6 nitrogen and oxygen atoms in total. The maximum atomic E-state index is 11.3. The summed E-state index contributed by atoms with van der Waals surface area (Å²) in [5.74, 6) is -0.453. The van der Waals surface area contributed by atoms with Crippen LogP contribution in [0.25, 0.3) is 0 Å². The van der Waals surface area contributed by atoms with Crippen LogP contribution < -0.4 is 5.32 Å². The third-order valence-electron chi connectivity index (χ3n) is 2.76. The molecule has 0 saturated heterocycles. The van der Waals surface area contributed by atoms with Crippen LogP contribution in [0.5, 0.6) is 0 Å². The van der Waals surface area contributed by atoms with Gasteiger partial charge in [-0.15, -0.1) is 0 Å². The van der Waals surface area contributed by atoms with Crippen LogP contribution in [0, 0.1) is 0 Å². The summed E-state index contributed by atoms with van der Waals surface area (Å²) in [7, 11) is 0. The Hall–Kier alpha value is -2.50. The highest BCUT2D eigenvalue weighted by atomic mass is 16.4. The van der Waals surface area contributed by atoms with E-state index in [1.807, 2.05) is 26.0 Å². The first-order valence-electron chi connectivity index (χ1n) is 6.31. The number of aromatic nitrogens is 3. The second kappa shape index (κ2) is 6.10. The highest BCUT2D eigenvalue weighted by molar-refractivity contribution is 5.91. The normalized spacial score (nSPS) is 10.6. The molecule has 0 unspecified atom stereocenters. The predicted octanol–water partition coefficient (Wildman–Crippen LogP) is 2.31. The third kappa shape index (κ3) is 3.28. The molecule has 0 aliphatic carbocycles. The number of pyridine rings is 1. The molecule has 0 aliphatic rings. The Balaban J connectivity index is 2.21. The van der Waals surface area contributed by atoms with Gasteiger partial charge in [-0.25, -0.2) is 14.8 Å². The minimum atomic E-state index is -1.06. The summed E-state index contributed by atoms with van der Waals surface area (Å²) < 4.78 is 0. The summed E-state index contributed by atoms with van der Waals surface area (Å²) in [4.78, 5) is 23.5. The van der Waals surface area contributed by atoms with E-state index in [2.05, 4.69) is 20.3 Å². The molecule has 20 heavy (non-hydrogen) atoms. The van der Waals surface area contributed by atoms with Gasteiger partial charge >= 0.3 is 5.97 Å². The fourth-order valence-corrected chi connectivity index (χ4v) is 1.66. The van der Waals surface area contributed by atoms with E-state index in [0.29, 0.717) is 18.1 Å². The molecule has 0 spiro atoms. The van der Waals surface area contributed by atoms with E-state index in [4.69, 9.17) is 0 Å². The quantitative estimate of drug-likeness (QED) is 0.868. The number of carboxylic acid groups (broad SMARTS) is 1. The minimum Gasteiger partial charge on any atom is -0.476 e. The number of rotatable bonds is 5. The zero-order chi connectivity index (χ0) is 14.5. The van der Waals surface area contributed by atoms with Gasteiger partial charge in [-0.2, -0.15) is 0 Å². The third-order valence-corrected chi connectivity index (χ3v) is 2.76. The smallest absolute Gasteiger partial charge is 0.356 e. The summed E-state index contributed by atoms with van der Waals surface area (Å²) in [6, 6.07) is 3.72. The van der Waals surface area contributed by atoms with E-state index < -0.39 is 5.97 Å². The Labute approximate surface area is 116 Å². The van der Waals surface area contributed by atoms with Crippen LogP contribution in [0.15, 0.2) is 30.7 Å². The van der Waals surface area contributed by atoms with Gasteiger partial charge in [-0.3, -0.25) is 4.98 Å². The van der Waals surface area contributed by atoms with E-state index in [1.165, 1.54) is 6.20 Å². The maximum Gasteiger partial charge on any atom is 0.356 e. The lowest BCUT2D eigenvalue weighted by molar-refractivity contribution is 0.0691. The number of anilines is 1. The first kappa shape index (κ1) is 13.9. The molecular formula is C14H16N4O2. The highest BCUT2D eigenvalue weighted by Gasteiger charge is 2.15. The van der Waals surface area contributed by atoms with Crippen molar-refractivity contribution in [3.63, 3.8) is 0 Å². The van der Waals surface area contributed by atoms with Gasteiger partial charge in [0.15, 0.2) is 5.69 Å². The maximum absolute atomic E-state index is 11.3. The Morgan fingerprint density at radius 2 is 2.05 bits per heavy atom. The van der Waals surface area contributed by atoms with Gasteiger partial charge in [-0.1, -0.05) is 13.8 Å². The molecule has 0 aromatic carbocycles. The van der Waals surface area contributed by atoms with Crippen LogP contribution in [-0.2, 0) is 6.54 Å². The Morgan fingerprint density at radius 3 is 2.65 bits per heavy atom. The highest BCUT2D eigenvalue weighted by Crippen LogP contribution is 2.17. The van der Waals surface area contributed by atoms with E-state index >= 15 is 0 Å². The minimum absolute atomic E-state index is 0.00208. The van der Waals surface area contributed by atoms with Gasteiger partial charge in [0.2, 0.25) is 0 Å². The number of aromatic carboxylic acids is 1. The number of carbonyl (C=O) groups is 1. The fourth-order valence-electron chi connectivity index (χ4n) is 1.66. The number of nitrogens with zero attached hydrogens (tertiary/aromatic N) is 3. The van der Waals surface area contributed by atoms with E-state index in [0.717, 1.165) is 5.56 Å². The van der Waals surface area contributed by atoms with Crippen molar-refractivity contribution in [3.8, 4) is 0 Å². The average Bonchev–Trinajstić information content (AvgIpc) is 2.45. The van der Waals surface area contributed by atoms with Crippen LogP contribution in [0.2, 0.25) is 0 Å². The van der Waals surface area contributed by atoms with Gasteiger partial charge in [0.1, 0.15) is 5.82 Å². The average molecular weight is 272 g/mol. The van der Waals surface area contributed by atoms with Gasteiger partial charge in [0.05, 0.1) is 11.9 Å². The Bertz CT molecular complexity index is 599.